The molecule has 0 radical (unpaired) electrons. The van der Waals surface area contributed by atoms with Crippen molar-refractivity contribution < 1.29 is 42.0 Å². The Hall–Kier alpha value is -3.27. The van der Waals surface area contributed by atoms with Crippen LogP contribution in [0.2, 0.25) is 0 Å². The number of thiazole rings is 1. The fourth-order valence-corrected chi connectivity index (χ4v) is 5.37. The topological polar surface area (TPSA) is 137 Å². The van der Waals surface area contributed by atoms with Crippen LogP contribution in [0.1, 0.15) is 36.5 Å². The molecule has 1 saturated heterocycles. The molecule has 5 rings (SSSR count). The molecule has 0 saturated carbocycles. The Morgan fingerprint density at radius 3 is 2.71 bits per heavy atom. The van der Waals surface area contributed by atoms with Crippen molar-refractivity contribution in [1.29, 1.82) is 0 Å². The molecule has 2 aliphatic heterocycles. The fraction of sp³-hybridized carbons (Fsp3) is 0.435. The number of fused-ring (bicyclic) bond motifs is 2. The average Bonchev–Trinajstić information content (AvgIpc) is 3.38. The molecule has 10 nitrogen and oxygen atoms in total. The van der Waals surface area contributed by atoms with Gasteiger partial charge in [-0.05, 0) is 18.6 Å². The highest BCUT2D eigenvalue weighted by atomic mass is 32.1. The van der Waals surface area contributed by atoms with E-state index in [1.54, 1.807) is 11.8 Å². The Morgan fingerprint density at radius 1 is 1.29 bits per heavy atom. The number of ether oxygens (including phenoxy) is 2. The zero-order valence-electron chi connectivity index (χ0n) is 19.7. The first-order valence-corrected chi connectivity index (χ1v) is 12.3. The van der Waals surface area contributed by atoms with Crippen LogP contribution in [-0.4, -0.2) is 68.9 Å². The predicted molar refractivity (Wildman–Crippen MR) is 127 cm³/mol. The first-order valence-electron chi connectivity index (χ1n) is 11.5. The number of benzene rings is 1. The van der Waals surface area contributed by atoms with Gasteiger partial charge in [0.2, 0.25) is 5.91 Å². The number of hydrogen-bond acceptors (Lipinski definition) is 9. The number of aromatic amines is 1. The molecular formula is C23H22F4N4O6S. The summed E-state index contributed by atoms with van der Waals surface area (Å²) in [5.74, 6) is -5.40. The molecule has 4 heterocycles. The molecule has 38 heavy (non-hydrogen) atoms. The monoisotopic (exact) mass is 558 g/mol. The number of amides is 1. The quantitative estimate of drug-likeness (QED) is 0.339. The third-order valence-electron chi connectivity index (χ3n) is 6.62. The highest BCUT2D eigenvalue weighted by Crippen LogP contribution is 2.45. The largest absolute Gasteiger partial charge is 0.586 e. The summed E-state index contributed by atoms with van der Waals surface area (Å²) >= 11 is 1.02. The van der Waals surface area contributed by atoms with Crippen LogP contribution in [0, 0.1) is 0 Å². The summed E-state index contributed by atoms with van der Waals surface area (Å²) in [5, 5.41) is 21.8. The van der Waals surface area contributed by atoms with Crippen LogP contribution >= 0.6 is 11.3 Å². The summed E-state index contributed by atoms with van der Waals surface area (Å²) in [5.41, 5.74) is -0.574. The van der Waals surface area contributed by atoms with Gasteiger partial charge in [-0.3, -0.25) is 14.5 Å². The number of carbonyl (C=O) groups excluding carboxylic acids is 1. The number of pyridine rings is 1. The summed E-state index contributed by atoms with van der Waals surface area (Å²) < 4.78 is 65.7. The zero-order valence-corrected chi connectivity index (χ0v) is 20.5. The van der Waals surface area contributed by atoms with Gasteiger partial charge in [0.05, 0.1) is 28.8 Å². The molecule has 0 aliphatic carbocycles. The predicted octanol–water partition coefficient (Wildman–Crippen LogP) is 2.78. The Kier molecular flexibility index (Phi) is 6.57. The van der Waals surface area contributed by atoms with Gasteiger partial charge >= 0.3 is 6.29 Å². The maximum absolute atomic E-state index is 14.9. The number of aromatic nitrogens is 2. The van der Waals surface area contributed by atoms with Gasteiger partial charge in [0.15, 0.2) is 16.6 Å². The molecule has 0 bridgehead atoms. The maximum atomic E-state index is 14.9. The lowest BCUT2D eigenvalue weighted by Crippen LogP contribution is -2.52. The van der Waals surface area contributed by atoms with Crippen molar-refractivity contribution in [3.63, 3.8) is 0 Å². The van der Waals surface area contributed by atoms with Gasteiger partial charge < -0.3 is 30.0 Å². The Balaban J connectivity index is 1.31. The van der Waals surface area contributed by atoms with Gasteiger partial charge in [-0.2, -0.15) is 0 Å². The standard InChI is InChI=1S/C23H22F4N4O6S/c1-10(19(34)30-21-29-14-5-16-17(6-18(14)38-21)37-23(26,27)36-16)31-3-2-22(24,25)13(8-31)11-4-12(15(33)9-32)20(35)28-7-11/h4-7,10,13,15,32-33H,2-3,8-9H2,1H3,(H,28,35)(H,29,30,34)/t10-,13+,15-/m0/s1. The smallest absolute Gasteiger partial charge is 0.395 e. The van der Waals surface area contributed by atoms with E-state index in [4.69, 9.17) is 0 Å². The van der Waals surface area contributed by atoms with E-state index < -0.39 is 54.8 Å². The molecule has 15 heteroatoms. The van der Waals surface area contributed by atoms with Crippen molar-refractivity contribution in [3.05, 3.63) is 45.9 Å². The van der Waals surface area contributed by atoms with Gasteiger partial charge in [0.25, 0.3) is 11.5 Å². The van der Waals surface area contributed by atoms with E-state index in [1.165, 1.54) is 12.1 Å². The van der Waals surface area contributed by atoms with E-state index in [2.05, 4.69) is 24.8 Å². The minimum atomic E-state index is -3.77. The summed E-state index contributed by atoms with van der Waals surface area (Å²) in [6.07, 6.45) is -4.70. The summed E-state index contributed by atoms with van der Waals surface area (Å²) in [7, 11) is 0. The minimum absolute atomic E-state index is 0.0589. The van der Waals surface area contributed by atoms with Crippen LogP contribution in [0.5, 0.6) is 11.5 Å². The molecule has 0 unspecified atom stereocenters. The molecule has 204 valence electrons. The number of anilines is 1. The number of carbonyl (C=O) groups is 1. The number of hydrogen-bond donors (Lipinski definition) is 4. The number of aliphatic hydroxyl groups excluding tert-OH is 2. The van der Waals surface area contributed by atoms with E-state index in [0.717, 1.165) is 23.6 Å². The van der Waals surface area contributed by atoms with Gasteiger partial charge in [-0.15, -0.1) is 8.78 Å². The summed E-state index contributed by atoms with van der Waals surface area (Å²) in [6, 6.07) is 2.89. The van der Waals surface area contributed by atoms with Crippen LogP contribution in [0.25, 0.3) is 10.2 Å². The van der Waals surface area contributed by atoms with Gasteiger partial charge in [-0.1, -0.05) is 11.3 Å². The molecule has 3 atom stereocenters. The van der Waals surface area contributed by atoms with E-state index >= 15 is 0 Å². The molecule has 1 fully saturated rings. The first-order chi connectivity index (χ1) is 17.9. The van der Waals surface area contributed by atoms with Gasteiger partial charge in [-0.25, -0.2) is 13.8 Å². The van der Waals surface area contributed by atoms with Crippen LogP contribution in [0.15, 0.2) is 29.2 Å². The molecule has 4 N–H and O–H groups in total. The third kappa shape index (κ3) is 4.93. The van der Waals surface area contributed by atoms with Crippen molar-refractivity contribution in [3.8, 4) is 11.5 Å². The summed E-state index contributed by atoms with van der Waals surface area (Å²) in [4.78, 5) is 33.1. The van der Waals surface area contributed by atoms with Crippen LogP contribution < -0.4 is 20.3 Å². The molecule has 2 aromatic heterocycles. The van der Waals surface area contributed by atoms with E-state index in [1.807, 2.05) is 0 Å². The van der Waals surface area contributed by atoms with Crippen molar-refractivity contribution in [2.24, 2.45) is 0 Å². The second-order valence-electron chi connectivity index (χ2n) is 9.09. The SMILES string of the molecule is C[C@@H](C(=O)Nc1nc2cc3c(cc2s1)OC(F)(F)O3)N1CCC(F)(F)[C@@H](c2c[nH]c(=O)c([C@@H](O)CO)c2)C1. The number of alkyl halides is 4. The van der Waals surface area contributed by atoms with E-state index in [0.29, 0.717) is 10.2 Å². The van der Waals surface area contributed by atoms with Crippen molar-refractivity contribution in [2.45, 2.75) is 43.6 Å². The maximum Gasteiger partial charge on any atom is 0.586 e. The lowest BCUT2D eigenvalue weighted by atomic mass is 9.86. The van der Waals surface area contributed by atoms with Gasteiger partial charge in [0.1, 0.15) is 6.10 Å². The second kappa shape index (κ2) is 9.48. The van der Waals surface area contributed by atoms with Crippen LogP contribution in [0.3, 0.4) is 0 Å². The number of H-pyrrole nitrogens is 1. The van der Waals surface area contributed by atoms with Gasteiger partial charge in [0, 0.05) is 43.4 Å². The fourth-order valence-electron chi connectivity index (χ4n) is 4.49. The van der Waals surface area contributed by atoms with Crippen molar-refractivity contribution in [1.82, 2.24) is 14.9 Å². The number of piperidine rings is 1. The van der Waals surface area contributed by atoms with Crippen molar-refractivity contribution in [2.75, 3.05) is 25.0 Å². The van der Waals surface area contributed by atoms with Crippen LogP contribution in [-0.2, 0) is 4.79 Å². The zero-order chi connectivity index (χ0) is 27.4. The highest BCUT2D eigenvalue weighted by Gasteiger charge is 2.47. The highest BCUT2D eigenvalue weighted by molar-refractivity contribution is 7.22. The molecule has 1 amide bonds. The number of halogens is 4. The molecular weight excluding hydrogens is 536 g/mol. The second-order valence-corrected chi connectivity index (χ2v) is 10.1. The molecule has 1 aromatic carbocycles. The third-order valence-corrected chi connectivity index (χ3v) is 7.55. The van der Waals surface area contributed by atoms with E-state index in [-0.39, 0.29) is 40.8 Å². The minimum Gasteiger partial charge on any atom is -0.395 e. The Morgan fingerprint density at radius 2 is 2.00 bits per heavy atom. The summed E-state index contributed by atoms with van der Waals surface area (Å²) in [6.45, 7) is 0.494. The number of aliphatic hydroxyl groups is 2. The van der Waals surface area contributed by atoms with E-state index in [9.17, 15) is 37.4 Å². The lowest BCUT2D eigenvalue weighted by Gasteiger charge is -2.40. The number of likely N-dealkylation sites (tertiary alicyclic amines) is 1. The number of nitrogens with one attached hydrogen (secondary N) is 2. The average molecular weight is 559 g/mol. The normalized spacial score (nSPS) is 21.8. The number of rotatable bonds is 6. The van der Waals surface area contributed by atoms with Crippen molar-refractivity contribution >= 4 is 32.6 Å². The molecule has 0 spiro atoms. The lowest BCUT2D eigenvalue weighted by molar-refractivity contribution is -0.286. The van der Waals surface area contributed by atoms with Crippen LogP contribution in [0.4, 0.5) is 22.7 Å². The molecule has 2 aliphatic rings. The molecule has 3 aromatic rings. The Labute approximate surface area is 215 Å². The number of nitrogens with zero attached hydrogens (tertiary/aromatic N) is 2. The first kappa shape index (κ1) is 26.3. The Bertz CT molecular complexity index is 1400.